The Bertz CT molecular complexity index is 820. The van der Waals surface area contributed by atoms with Gasteiger partial charge in [-0.25, -0.2) is 4.79 Å². The number of rotatable bonds is 5. The summed E-state index contributed by atoms with van der Waals surface area (Å²) in [4.78, 5) is 49.8. The van der Waals surface area contributed by atoms with Gasteiger partial charge in [0, 0.05) is 19.3 Å². The number of anilines is 1. The van der Waals surface area contributed by atoms with Gasteiger partial charge in [0.2, 0.25) is 0 Å². The van der Waals surface area contributed by atoms with Crippen LogP contribution in [0, 0.1) is 11.3 Å². The number of nitrogens with one attached hydrogen (secondary N) is 1. The summed E-state index contributed by atoms with van der Waals surface area (Å²) in [5, 5.41) is 12.2. The van der Waals surface area contributed by atoms with E-state index in [1.54, 1.807) is 13.0 Å². The van der Waals surface area contributed by atoms with E-state index in [9.17, 15) is 24.3 Å². The summed E-state index contributed by atoms with van der Waals surface area (Å²) >= 11 is 0. The predicted molar refractivity (Wildman–Crippen MR) is 95.3 cm³/mol. The first kappa shape index (κ1) is 18.9. The second-order valence-corrected chi connectivity index (χ2v) is 7.02. The normalized spacial score (nSPS) is 23.7. The molecule has 3 rings (SSSR count). The van der Waals surface area contributed by atoms with E-state index in [2.05, 4.69) is 5.32 Å². The zero-order valence-electron chi connectivity index (χ0n) is 15.1. The smallest absolute Gasteiger partial charge is 0.326 e. The predicted octanol–water partition coefficient (Wildman–Crippen LogP) is 1.13. The van der Waals surface area contributed by atoms with Gasteiger partial charge in [-0.05, 0) is 37.8 Å². The van der Waals surface area contributed by atoms with Crippen molar-refractivity contribution in [1.82, 2.24) is 9.47 Å². The molecule has 1 aliphatic carbocycles. The van der Waals surface area contributed by atoms with Crippen LogP contribution in [0.3, 0.4) is 0 Å². The number of pyridine rings is 1. The lowest BCUT2D eigenvalue weighted by Crippen LogP contribution is -2.39. The van der Waals surface area contributed by atoms with E-state index in [0.717, 1.165) is 17.4 Å². The van der Waals surface area contributed by atoms with Crippen molar-refractivity contribution in [2.24, 2.45) is 11.3 Å². The number of nitrogens with zero attached hydrogens (tertiary/aromatic N) is 2. The molecule has 0 spiro atoms. The Morgan fingerprint density at radius 1 is 1.41 bits per heavy atom. The number of likely N-dealkylation sites (tertiary alicyclic amines) is 1. The van der Waals surface area contributed by atoms with Crippen molar-refractivity contribution in [2.45, 2.75) is 32.7 Å². The highest BCUT2D eigenvalue weighted by Gasteiger charge is 2.55. The highest BCUT2D eigenvalue weighted by atomic mass is 16.5. The van der Waals surface area contributed by atoms with Gasteiger partial charge in [-0.15, -0.1) is 0 Å². The van der Waals surface area contributed by atoms with Crippen molar-refractivity contribution in [3.05, 3.63) is 28.7 Å². The average molecular weight is 377 g/mol. The second kappa shape index (κ2) is 7.42. The first-order chi connectivity index (χ1) is 12.9. The van der Waals surface area contributed by atoms with E-state index in [-0.39, 0.29) is 31.3 Å². The molecule has 2 atom stereocenters. The van der Waals surface area contributed by atoms with E-state index in [0.29, 0.717) is 13.0 Å². The van der Waals surface area contributed by atoms with Gasteiger partial charge in [0.25, 0.3) is 5.56 Å². The number of esters is 1. The Morgan fingerprint density at radius 2 is 2.19 bits per heavy atom. The Hall–Kier alpha value is -2.84. The van der Waals surface area contributed by atoms with Gasteiger partial charge < -0.3 is 24.6 Å². The Morgan fingerprint density at radius 3 is 2.85 bits per heavy atom. The summed E-state index contributed by atoms with van der Waals surface area (Å²) in [6.45, 7) is 2.15. The molecule has 2 fully saturated rings. The topological polar surface area (TPSA) is 118 Å². The number of hydrogen-bond acceptors (Lipinski definition) is 5. The summed E-state index contributed by atoms with van der Waals surface area (Å²) < 4.78 is 5.99. The molecule has 0 unspecified atom stereocenters. The number of urea groups is 1. The molecule has 1 aliphatic heterocycles. The van der Waals surface area contributed by atoms with Crippen LogP contribution in [0.15, 0.2) is 23.1 Å². The minimum atomic E-state index is -0.877. The number of aromatic nitrogens is 1. The Balaban J connectivity index is 1.71. The summed E-state index contributed by atoms with van der Waals surface area (Å²) in [6, 6.07) is 2.50. The number of carbonyl (C=O) groups excluding carboxylic acids is 2. The Labute approximate surface area is 155 Å². The number of aliphatic carboxylic acids is 1. The van der Waals surface area contributed by atoms with Crippen molar-refractivity contribution >= 4 is 23.7 Å². The monoisotopic (exact) mass is 377 g/mol. The number of amides is 2. The first-order valence-corrected chi connectivity index (χ1v) is 9.02. The molecule has 0 radical (unpaired) electrons. The van der Waals surface area contributed by atoms with E-state index < -0.39 is 28.9 Å². The molecule has 1 saturated heterocycles. The van der Waals surface area contributed by atoms with Crippen LogP contribution in [0.4, 0.5) is 10.5 Å². The van der Waals surface area contributed by atoms with E-state index in [1.807, 2.05) is 0 Å². The Kier molecular flexibility index (Phi) is 5.20. The molecule has 2 N–H and O–H groups in total. The quantitative estimate of drug-likeness (QED) is 0.743. The number of carbonyl (C=O) groups is 3. The fraction of sp³-hybridized carbons (Fsp3) is 0.556. The zero-order chi connectivity index (χ0) is 19.6. The van der Waals surface area contributed by atoms with Gasteiger partial charge in [-0.1, -0.05) is 6.42 Å². The third-order valence-electron chi connectivity index (χ3n) is 5.45. The van der Waals surface area contributed by atoms with Crippen LogP contribution in [-0.2, 0) is 20.9 Å². The molecule has 27 heavy (non-hydrogen) atoms. The lowest BCUT2D eigenvalue weighted by atomic mass is 9.81. The van der Waals surface area contributed by atoms with Gasteiger partial charge in [-0.3, -0.25) is 14.4 Å². The van der Waals surface area contributed by atoms with E-state index in [1.165, 1.54) is 17.2 Å². The van der Waals surface area contributed by atoms with Crippen molar-refractivity contribution in [3.8, 4) is 0 Å². The molecular weight excluding hydrogens is 354 g/mol. The molecule has 1 aromatic rings. The standard InChI is InChI=1S/C18H23N3O6/c1-2-27-14(22)10-20-8-4-6-13(15(20)23)19-17(26)21-9-12-5-3-7-18(12,11-21)16(24)25/h4,6,8,12H,2-3,5,7,9-11H2,1H3,(H,19,26)(H,24,25)/t12-,18+/m0/s1. The van der Waals surface area contributed by atoms with Gasteiger partial charge >= 0.3 is 18.0 Å². The number of hydrogen-bond donors (Lipinski definition) is 2. The molecule has 0 aromatic carbocycles. The molecule has 9 heteroatoms. The summed E-state index contributed by atoms with van der Waals surface area (Å²) in [6.07, 6.45) is 3.64. The summed E-state index contributed by atoms with van der Waals surface area (Å²) in [7, 11) is 0. The van der Waals surface area contributed by atoms with Crippen molar-refractivity contribution in [2.75, 3.05) is 25.0 Å². The first-order valence-electron chi connectivity index (χ1n) is 9.02. The van der Waals surface area contributed by atoms with Crippen LogP contribution in [0.2, 0.25) is 0 Å². The SMILES string of the molecule is CCOC(=O)Cn1cccc(NC(=O)N2C[C@@H]3CCC[C@@]3(C(=O)O)C2)c1=O. The number of carboxylic acids is 1. The average Bonchev–Trinajstić information content (AvgIpc) is 3.17. The van der Waals surface area contributed by atoms with Crippen LogP contribution < -0.4 is 10.9 Å². The minimum absolute atomic E-state index is 0.0354. The fourth-order valence-corrected chi connectivity index (χ4v) is 4.09. The minimum Gasteiger partial charge on any atom is -0.481 e. The highest BCUT2D eigenvalue weighted by molar-refractivity contribution is 5.90. The molecule has 1 saturated carbocycles. The van der Waals surface area contributed by atoms with E-state index in [4.69, 9.17) is 4.74 Å². The highest BCUT2D eigenvalue weighted by Crippen LogP contribution is 2.48. The maximum absolute atomic E-state index is 12.6. The van der Waals surface area contributed by atoms with Gasteiger partial charge in [-0.2, -0.15) is 0 Å². The molecule has 9 nitrogen and oxygen atoms in total. The second-order valence-electron chi connectivity index (χ2n) is 7.02. The van der Waals surface area contributed by atoms with Crippen LogP contribution in [0.1, 0.15) is 26.2 Å². The van der Waals surface area contributed by atoms with Crippen LogP contribution in [0.5, 0.6) is 0 Å². The lowest BCUT2D eigenvalue weighted by molar-refractivity contribution is -0.149. The third-order valence-corrected chi connectivity index (χ3v) is 5.45. The molecule has 0 bridgehead atoms. The lowest BCUT2D eigenvalue weighted by Gasteiger charge is -2.23. The summed E-state index contributed by atoms with van der Waals surface area (Å²) in [5.41, 5.74) is -1.36. The van der Waals surface area contributed by atoms with Crippen LogP contribution in [0.25, 0.3) is 0 Å². The largest absolute Gasteiger partial charge is 0.481 e. The molecule has 1 aromatic heterocycles. The van der Waals surface area contributed by atoms with Crippen molar-refractivity contribution in [3.63, 3.8) is 0 Å². The molecule has 146 valence electrons. The van der Waals surface area contributed by atoms with Gasteiger partial charge in [0.15, 0.2) is 0 Å². The van der Waals surface area contributed by atoms with Gasteiger partial charge in [0.05, 0.1) is 12.0 Å². The number of ether oxygens (including phenoxy) is 1. The number of carboxylic acid groups (broad SMARTS) is 1. The van der Waals surface area contributed by atoms with Crippen LogP contribution in [-0.4, -0.2) is 52.2 Å². The summed E-state index contributed by atoms with van der Waals surface area (Å²) in [5.74, 6) is -1.47. The molecule has 2 aliphatic rings. The maximum atomic E-state index is 12.6. The third kappa shape index (κ3) is 3.54. The molecular formula is C18H23N3O6. The molecule has 2 amide bonds. The van der Waals surface area contributed by atoms with Gasteiger partial charge in [0.1, 0.15) is 12.2 Å². The molecule has 2 heterocycles. The maximum Gasteiger partial charge on any atom is 0.326 e. The van der Waals surface area contributed by atoms with E-state index >= 15 is 0 Å². The zero-order valence-corrected chi connectivity index (χ0v) is 15.1. The van der Waals surface area contributed by atoms with Crippen molar-refractivity contribution in [1.29, 1.82) is 0 Å². The van der Waals surface area contributed by atoms with Crippen LogP contribution >= 0.6 is 0 Å². The number of fused-ring (bicyclic) bond motifs is 1. The van der Waals surface area contributed by atoms with Crippen molar-refractivity contribution < 1.29 is 24.2 Å². The fourth-order valence-electron chi connectivity index (χ4n) is 4.09.